The van der Waals surface area contributed by atoms with Crippen molar-refractivity contribution in [2.45, 2.75) is 13.3 Å². The second-order valence-corrected chi connectivity index (χ2v) is 6.28. The predicted molar refractivity (Wildman–Crippen MR) is 105 cm³/mol. The Bertz CT molecular complexity index is 940. The van der Waals surface area contributed by atoms with Crippen molar-refractivity contribution < 1.29 is 4.79 Å². The van der Waals surface area contributed by atoms with Gasteiger partial charge in [0.25, 0.3) is 0 Å². The maximum Gasteiger partial charge on any atom is 0.223 e. The average molecular weight is 344 g/mol. The maximum atomic E-state index is 11.9. The van der Waals surface area contributed by atoms with Gasteiger partial charge in [0, 0.05) is 37.1 Å². The monoisotopic (exact) mass is 344 g/mol. The molecule has 1 amide bonds. The van der Waals surface area contributed by atoms with Crippen LogP contribution in [0, 0.1) is 0 Å². The van der Waals surface area contributed by atoms with Crippen LogP contribution in [0.4, 0.5) is 28.6 Å². The number of nitrogens with zero attached hydrogens (tertiary/aromatic N) is 2. The molecule has 5 nitrogen and oxygen atoms in total. The fourth-order valence-electron chi connectivity index (χ4n) is 3.27. The third kappa shape index (κ3) is 3.24. The summed E-state index contributed by atoms with van der Waals surface area (Å²) in [5, 5.41) is 6.74. The first-order valence-corrected chi connectivity index (χ1v) is 8.66. The first-order valence-electron chi connectivity index (χ1n) is 8.66. The molecule has 2 aromatic carbocycles. The van der Waals surface area contributed by atoms with Gasteiger partial charge in [-0.05, 0) is 36.2 Å². The predicted octanol–water partition coefficient (Wildman–Crippen LogP) is 4.48. The van der Waals surface area contributed by atoms with Crippen LogP contribution in [0.15, 0.2) is 66.9 Å². The van der Waals surface area contributed by atoms with Gasteiger partial charge in [0.05, 0.1) is 11.4 Å². The number of anilines is 5. The van der Waals surface area contributed by atoms with E-state index in [9.17, 15) is 4.79 Å². The summed E-state index contributed by atoms with van der Waals surface area (Å²) in [6, 6.07) is 19.9. The largest absolute Gasteiger partial charge is 0.354 e. The van der Waals surface area contributed by atoms with Gasteiger partial charge in [-0.25, -0.2) is 4.98 Å². The Kier molecular flexibility index (Phi) is 4.27. The van der Waals surface area contributed by atoms with E-state index in [1.165, 1.54) is 5.56 Å². The highest BCUT2D eigenvalue weighted by Gasteiger charge is 2.25. The molecule has 0 bridgehead atoms. The van der Waals surface area contributed by atoms with Crippen molar-refractivity contribution in [2.75, 3.05) is 22.1 Å². The van der Waals surface area contributed by atoms with Crippen LogP contribution in [-0.4, -0.2) is 17.4 Å². The van der Waals surface area contributed by atoms with Gasteiger partial charge in [0.15, 0.2) is 0 Å². The van der Waals surface area contributed by atoms with Gasteiger partial charge in [-0.15, -0.1) is 0 Å². The summed E-state index contributed by atoms with van der Waals surface area (Å²) in [7, 11) is 0. The van der Waals surface area contributed by atoms with E-state index in [1.807, 2.05) is 59.5 Å². The standard InChI is InChI=1S/C21H20N4O/c1-15(26)25-13-11-16-6-5-9-19(21(16)25)23-18-10-12-22-20(14-18)24-17-7-3-2-4-8-17/h2-10,12,14H,11,13H2,1H3,(H2,22,23,24). The SMILES string of the molecule is CC(=O)N1CCc2cccc(Nc3ccnc(Nc4ccccc4)c3)c21. The quantitative estimate of drug-likeness (QED) is 0.733. The minimum atomic E-state index is 0.0687. The van der Waals surface area contributed by atoms with E-state index >= 15 is 0 Å². The highest BCUT2D eigenvalue weighted by Crippen LogP contribution is 2.37. The molecule has 130 valence electrons. The highest BCUT2D eigenvalue weighted by atomic mass is 16.2. The first-order chi connectivity index (χ1) is 12.7. The zero-order valence-electron chi connectivity index (χ0n) is 14.6. The zero-order valence-corrected chi connectivity index (χ0v) is 14.6. The van der Waals surface area contributed by atoms with Gasteiger partial charge < -0.3 is 15.5 Å². The number of hydrogen-bond acceptors (Lipinski definition) is 4. The molecule has 0 fully saturated rings. The van der Waals surface area contributed by atoms with Crippen LogP contribution in [-0.2, 0) is 11.2 Å². The maximum absolute atomic E-state index is 11.9. The Balaban J connectivity index is 1.60. The summed E-state index contributed by atoms with van der Waals surface area (Å²) < 4.78 is 0. The number of benzene rings is 2. The van der Waals surface area contributed by atoms with E-state index in [0.29, 0.717) is 0 Å². The number of carbonyl (C=O) groups is 1. The van der Waals surface area contributed by atoms with Crippen molar-refractivity contribution in [2.24, 2.45) is 0 Å². The summed E-state index contributed by atoms with van der Waals surface area (Å²) in [5.41, 5.74) is 5.02. The minimum Gasteiger partial charge on any atom is -0.354 e. The molecule has 0 saturated carbocycles. The van der Waals surface area contributed by atoms with Crippen LogP contribution in [0.2, 0.25) is 0 Å². The fourth-order valence-corrected chi connectivity index (χ4v) is 3.27. The topological polar surface area (TPSA) is 57.3 Å². The van der Waals surface area contributed by atoms with Gasteiger partial charge in [-0.1, -0.05) is 30.3 Å². The molecule has 0 atom stereocenters. The van der Waals surface area contributed by atoms with E-state index in [0.717, 1.165) is 41.5 Å². The number of para-hydroxylation sites is 2. The van der Waals surface area contributed by atoms with Gasteiger partial charge in [-0.3, -0.25) is 4.79 Å². The van der Waals surface area contributed by atoms with E-state index < -0.39 is 0 Å². The zero-order chi connectivity index (χ0) is 17.9. The summed E-state index contributed by atoms with van der Waals surface area (Å²) in [5.74, 6) is 0.830. The summed E-state index contributed by atoms with van der Waals surface area (Å²) >= 11 is 0. The van der Waals surface area contributed by atoms with Crippen LogP contribution in [0.5, 0.6) is 0 Å². The van der Waals surface area contributed by atoms with E-state index in [2.05, 4.69) is 21.7 Å². The van der Waals surface area contributed by atoms with E-state index in [1.54, 1.807) is 13.1 Å². The molecular weight excluding hydrogens is 324 g/mol. The molecule has 0 saturated heterocycles. The van der Waals surface area contributed by atoms with Crippen molar-refractivity contribution in [3.05, 3.63) is 72.4 Å². The second kappa shape index (κ2) is 6.88. The highest BCUT2D eigenvalue weighted by molar-refractivity contribution is 5.98. The molecule has 3 aromatic rings. The Hall–Kier alpha value is -3.34. The van der Waals surface area contributed by atoms with Crippen molar-refractivity contribution in [3.63, 3.8) is 0 Å². The van der Waals surface area contributed by atoms with Crippen molar-refractivity contribution >= 4 is 34.5 Å². The van der Waals surface area contributed by atoms with E-state index in [-0.39, 0.29) is 5.91 Å². The molecule has 0 radical (unpaired) electrons. The first kappa shape index (κ1) is 16.1. The van der Waals surface area contributed by atoms with Gasteiger partial charge in [0.2, 0.25) is 5.91 Å². The van der Waals surface area contributed by atoms with Crippen LogP contribution in [0.3, 0.4) is 0 Å². The molecule has 1 aliphatic rings. The van der Waals surface area contributed by atoms with Crippen molar-refractivity contribution in [1.82, 2.24) is 4.98 Å². The lowest BCUT2D eigenvalue weighted by Crippen LogP contribution is -2.26. The van der Waals surface area contributed by atoms with Crippen LogP contribution >= 0.6 is 0 Å². The summed E-state index contributed by atoms with van der Waals surface area (Å²) in [4.78, 5) is 18.2. The Labute approximate surface area is 152 Å². The molecule has 5 heteroatoms. The second-order valence-electron chi connectivity index (χ2n) is 6.28. The van der Waals surface area contributed by atoms with Crippen molar-refractivity contribution in [1.29, 1.82) is 0 Å². The minimum absolute atomic E-state index is 0.0687. The summed E-state index contributed by atoms with van der Waals surface area (Å²) in [6.07, 6.45) is 2.65. The fraction of sp³-hybridized carbons (Fsp3) is 0.143. The smallest absolute Gasteiger partial charge is 0.223 e. The number of aromatic nitrogens is 1. The molecule has 26 heavy (non-hydrogen) atoms. The molecule has 1 aromatic heterocycles. The third-order valence-corrected chi connectivity index (χ3v) is 4.46. The Morgan fingerprint density at radius 2 is 1.85 bits per heavy atom. The van der Waals surface area contributed by atoms with Crippen LogP contribution < -0.4 is 15.5 Å². The lowest BCUT2D eigenvalue weighted by atomic mass is 10.1. The average Bonchev–Trinajstić information content (AvgIpc) is 3.08. The molecule has 0 unspecified atom stereocenters. The molecule has 0 spiro atoms. The summed E-state index contributed by atoms with van der Waals surface area (Å²) in [6.45, 7) is 2.35. The number of pyridine rings is 1. The van der Waals surface area contributed by atoms with Gasteiger partial charge in [0.1, 0.15) is 5.82 Å². The number of fused-ring (bicyclic) bond motifs is 1. The van der Waals surface area contributed by atoms with Crippen LogP contribution in [0.25, 0.3) is 0 Å². The Morgan fingerprint density at radius 1 is 1.00 bits per heavy atom. The van der Waals surface area contributed by atoms with E-state index in [4.69, 9.17) is 0 Å². The molecule has 0 aliphatic carbocycles. The number of carbonyl (C=O) groups excluding carboxylic acids is 1. The normalized spacial score (nSPS) is 12.6. The third-order valence-electron chi connectivity index (χ3n) is 4.46. The van der Waals surface area contributed by atoms with Crippen molar-refractivity contribution in [3.8, 4) is 0 Å². The molecule has 2 heterocycles. The molecule has 1 aliphatic heterocycles. The number of amides is 1. The number of rotatable bonds is 4. The number of nitrogens with one attached hydrogen (secondary N) is 2. The van der Waals surface area contributed by atoms with Crippen LogP contribution in [0.1, 0.15) is 12.5 Å². The lowest BCUT2D eigenvalue weighted by Gasteiger charge is -2.19. The number of hydrogen-bond donors (Lipinski definition) is 2. The molecular formula is C21H20N4O. The Morgan fingerprint density at radius 3 is 2.65 bits per heavy atom. The van der Waals surface area contributed by atoms with Gasteiger partial charge >= 0.3 is 0 Å². The van der Waals surface area contributed by atoms with Gasteiger partial charge in [-0.2, -0.15) is 0 Å². The molecule has 2 N–H and O–H groups in total. The lowest BCUT2D eigenvalue weighted by molar-refractivity contribution is -0.116. The molecule has 4 rings (SSSR count).